The zero-order chi connectivity index (χ0) is 58.1. The molecule has 3 aromatic rings. The van der Waals surface area contributed by atoms with E-state index in [4.69, 9.17) is 15.0 Å². The van der Waals surface area contributed by atoms with Crippen LogP contribution in [0, 0.1) is 37.9 Å². The second kappa shape index (κ2) is 36.3. The lowest BCUT2D eigenvalue weighted by molar-refractivity contribution is -0.138. The van der Waals surface area contributed by atoms with Crippen molar-refractivity contribution in [3.8, 4) is 0 Å². The number of nitrogens with one attached hydrogen (secondary N) is 1. The summed E-state index contributed by atoms with van der Waals surface area (Å²) in [5.41, 5.74) is 0.742. The molecular weight excluding hydrogens is 998 g/mol. The molecule has 0 aliphatic carbocycles. The van der Waals surface area contributed by atoms with Crippen LogP contribution in [-0.4, -0.2) is 134 Å². The van der Waals surface area contributed by atoms with Crippen LogP contribution in [-0.2, 0) is 61.1 Å². The Morgan fingerprint density at radius 2 is 1.09 bits per heavy atom. The van der Waals surface area contributed by atoms with E-state index in [-0.39, 0.29) is 97.5 Å². The van der Waals surface area contributed by atoms with Crippen molar-refractivity contribution in [2.45, 2.75) is 233 Å². The molecule has 444 valence electrons. The number of hydrogen-bond donors (Lipinski definition) is 4. The zero-order valence-corrected chi connectivity index (χ0v) is 51.2. The molecule has 0 radical (unpaired) electrons. The fourth-order valence-electron chi connectivity index (χ4n) is 6.19. The molecule has 4 N–H and O–H groups in total. The first kappa shape index (κ1) is 85.1. The number of ketones is 2. The van der Waals surface area contributed by atoms with Crippen LogP contribution in [0.1, 0.15) is 205 Å². The second-order valence-electron chi connectivity index (χ2n) is 27.1. The van der Waals surface area contributed by atoms with Gasteiger partial charge in [0.05, 0.1) is 5.75 Å². The number of hydrogen-bond acceptors (Lipinski definition) is 16. The quantitative estimate of drug-likeness (QED) is 0.102. The van der Waals surface area contributed by atoms with Gasteiger partial charge in [-0.25, -0.2) is 13.1 Å². The molecule has 75 heavy (non-hydrogen) atoms. The highest BCUT2D eigenvalue weighted by Crippen LogP contribution is 2.41. The van der Waals surface area contributed by atoms with Gasteiger partial charge in [0.25, 0.3) is 6.92 Å². The van der Waals surface area contributed by atoms with E-state index in [0.29, 0.717) is 30.7 Å². The van der Waals surface area contributed by atoms with E-state index < -0.39 is 23.2 Å². The number of carbonyl (C=O) groups is 3. The van der Waals surface area contributed by atoms with E-state index in [2.05, 4.69) is 135 Å². The van der Waals surface area contributed by atoms with Crippen LogP contribution in [0.3, 0.4) is 0 Å². The Morgan fingerprint density at radius 1 is 0.640 bits per heavy atom. The van der Waals surface area contributed by atoms with Crippen molar-refractivity contribution in [2.24, 2.45) is 37.9 Å². The first-order valence-electron chi connectivity index (χ1n) is 24.2. The number of rotatable bonds is 11. The summed E-state index contributed by atoms with van der Waals surface area (Å²) in [5.74, 6) is 1.72. The van der Waals surface area contributed by atoms with E-state index >= 15 is 0 Å². The smallest absolute Gasteiger partial charge is 0.325 e. The minimum absolute atomic E-state index is 0. The van der Waals surface area contributed by atoms with Gasteiger partial charge in [-0.1, -0.05) is 180 Å². The maximum atomic E-state index is 10.8. The first-order chi connectivity index (χ1) is 31.6. The molecule has 0 amide bonds. The van der Waals surface area contributed by atoms with Crippen LogP contribution in [0.2, 0.25) is 13.1 Å². The molecule has 21 nitrogen and oxygen atoms in total. The van der Waals surface area contributed by atoms with Gasteiger partial charge in [0.2, 0.25) is 0 Å². The molecular formula is C51H112BN12O9PS. The van der Waals surface area contributed by atoms with E-state index in [0.717, 1.165) is 25.0 Å². The predicted molar refractivity (Wildman–Crippen MR) is 310 cm³/mol. The number of H-pyrrole nitrogens is 1. The normalized spacial score (nSPS) is 12.4. The molecule has 0 aliphatic heterocycles. The monoisotopic (exact) mass is 1110 g/mol. The van der Waals surface area contributed by atoms with Gasteiger partial charge < -0.3 is 19.8 Å². The molecule has 0 saturated carbocycles. The number of sulfone groups is 1. The van der Waals surface area contributed by atoms with Gasteiger partial charge in [0.1, 0.15) is 28.7 Å². The van der Waals surface area contributed by atoms with Crippen LogP contribution in [0.25, 0.3) is 0 Å². The van der Waals surface area contributed by atoms with Crippen LogP contribution >= 0.6 is 7.37 Å². The predicted octanol–water partition coefficient (Wildman–Crippen LogP) is 10.6. The number of aromatic amines is 1. The summed E-state index contributed by atoms with van der Waals surface area (Å²) < 4.78 is 33.4. The topological polar surface area (TPSA) is 305 Å². The lowest BCUT2D eigenvalue weighted by Crippen LogP contribution is -2.19. The number of aromatic nitrogens is 12. The number of nitrogens with zero attached hydrogens (tertiary/aromatic N) is 11. The maximum Gasteiger partial charge on any atom is 0.325 e. The number of carboxylic acids is 1. The highest BCUT2D eigenvalue weighted by molar-refractivity contribution is 7.90. The van der Waals surface area contributed by atoms with Crippen LogP contribution in [0.4, 0.5) is 0 Å². The molecule has 0 bridgehead atoms. The van der Waals surface area contributed by atoms with Crippen molar-refractivity contribution < 1.29 is 42.4 Å². The number of carboxylic acid groups (broad SMARTS) is 1. The summed E-state index contributed by atoms with van der Waals surface area (Å²) in [5, 5.41) is 53.7. The fourth-order valence-corrected chi connectivity index (χ4v) is 9.53. The van der Waals surface area contributed by atoms with Crippen LogP contribution < -0.4 is 0 Å². The molecule has 0 saturated heterocycles. The van der Waals surface area contributed by atoms with Gasteiger partial charge in [-0.3, -0.25) is 14.2 Å². The van der Waals surface area contributed by atoms with Crippen LogP contribution in [0.5, 0.6) is 0 Å². The van der Waals surface area contributed by atoms with Gasteiger partial charge in [-0.15, -0.1) is 25.5 Å². The molecule has 1 unspecified atom stereocenters. The van der Waals surface area contributed by atoms with Gasteiger partial charge in [0, 0.05) is 44.8 Å². The summed E-state index contributed by atoms with van der Waals surface area (Å²) >= 11 is 0. The number of aliphatic carboxylic acids is 1. The largest absolute Gasteiger partial charge is 0.480 e. The Morgan fingerprint density at radius 3 is 1.33 bits per heavy atom. The number of carbonyl (C=O) groups excluding carboxylic acids is 2. The Hall–Kier alpha value is -3.82. The van der Waals surface area contributed by atoms with E-state index in [1.54, 1.807) is 6.92 Å². The van der Waals surface area contributed by atoms with E-state index in [9.17, 15) is 27.4 Å². The van der Waals surface area contributed by atoms with Gasteiger partial charge in [-0.05, 0) is 73.7 Å². The molecule has 3 aromatic heterocycles. The van der Waals surface area contributed by atoms with Crippen molar-refractivity contribution >= 4 is 41.7 Å². The summed E-state index contributed by atoms with van der Waals surface area (Å²) in [6, 6.07) is 0. The third-order valence-corrected chi connectivity index (χ3v) is 10.3. The first-order valence-corrected chi connectivity index (χ1v) is 28.5. The lowest BCUT2D eigenvalue weighted by atomic mass is 9.60. The Labute approximate surface area is 457 Å². The summed E-state index contributed by atoms with van der Waals surface area (Å²) in [7, 11) is -5.57. The third kappa shape index (κ3) is 72.3. The van der Waals surface area contributed by atoms with Crippen LogP contribution in [0.15, 0.2) is 0 Å². The summed E-state index contributed by atoms with van der Waals surface area (Å²) in [4.78, 5) is 42.0. The zero-order valence-electron chi connectivity index (χ0n) is 49.5. The standard InChI is InChI=1S/C9H16N4O.C8H14N4O2.C7H14O.C6H15BO.C6H12N4.C6H15O2P.C6H14O2S.3CH4/c1-7(14)6-13-11-8(10-12-13)5-9(2,3)4;1-8(2,3)4-6-9-10-11-12(6)5-7(13)14;1-6(8)5-7(2,3)4;1-6(2,3)5-7(4)8;1-6(2,3)4-5-7-9-10-8-5;2*1-6(2,3)5-9(4,7)8;;;/h5-6H2,1-4H3;4-5H2,1-3H3,(H,13,14);5H2,1-4H3;8H,5H2,1-4H3;4H2,1-3H3,(H,7,8,9,10);5H2,1-4H3,(H,7,8);5H2,1-4H3;3*1H4. The van der Waals surface area contributed by atoms with Crippen molar-refractivity contribution in [3.63, 3.8) is 0 Å². The maximum absolute atomic E-state index is 10.8. The highest BCUT2D eigenvalue weighted by Gasteiger charge is 2.22. The van der Waals surface area contributed by atoms with Crippen molar-refractivity contribution in [1.29, 1.82) is 0 Å². The molecule has 1 atom stereocenters. The Bertz CT molecular complexity index is 2130. The Kier molecular flexibility index (Phi) is 41.2. The average molecular weight is 1110 g/mol. The van der Waals surface area contributed by atoms with Crippen molar-refractivity contribution in [1.82, 2.24) is 61.0 Å². The average Bonchev–Trinajstić information content (AvgIpc) is 3.78. The number of tetrazole rings is 3. The Balaban J connectivity index is -0.000000145. The van der Waals surface area contributed by atoms with E-state index in [1.165, 1.54) is 29.3 Å². The minimum Gasteiger partial charge on any atom is -0.480 e. The van der Waals surface area contributed by atoms with Crippen molar-refractivity contribution in [3.05, 3.63) is 17.5 Å². The minimum atomic E-state index is -2.79. The van der Waals surface area contributed by atoms with Crippen molar-refractivity contribution in [2.75, 3.05) is 24.8 Å². The second-order valence-corrected chi connectivity index (χ2v) is 31.6. The third-order valence-electron chi connectivity index (χ3n) is 7.35. The van der Waals surface area contributed by atoms with Gasteiger partial charge in [-0.2, -0.15) is 10.0 Å². The molecule has 3 heterocycles. The molecule has 0 spiro atoms. The molecule has 24 heteroatoms. The number of Topliss-reactive ketones (excluding diaryl/α,β-unsaturated/α-hetero) is 2. The highest BCUT2D eigenvalue weighted by atomic mass is 32.2. The summed E-state index contributed by atoms with van der Waals surface area (Å²) in [6.45, 7) is 49.3. The summed E-state index contributed by atoms with van der Waals surface area (Å²) in [6.07, 6.45) is 5.53. The SMILES string of the molecule is C.C.C.CB(O)CC(C)(C)C.CC(=O)CC(C)(C)C.CC(=O)Cn1nnc(CC(C)(C)C)n1.CC(C)(C)CP(C)(=O)O.CC(C)(C)CS(C)(=O)=O.CC(C)(C)Cc1nn[nH]n1.CC(C)(C)Cc1nnnn1CC(=O)O. The molecule has 0 fully saturated rings. The van der Waals surface area contributed by atoms with E-state index in [1.807, 2.05) is 69.1 Å². The lowest BCUT2D eigenvalue weighted by Gasteiger charge is -2.19. The molecule has 0 aromatic carbocycles. The van der Waals surface area contributed by atoms with Gasteiger partial charge >= 0.3 is 5.97 Å². The molecule has 3 rings (SSSR count). The fraction of sp³-hybridized carbons (Fsp3) is 0.882. The van der Waals surface area contributed by atoms with Gasteiger partial charge in [0.15, 0.2) is 30.6 Å². The molecule has 0 aliphatic rings.